The van der Waals surface area contributed by atoms with Crippen LogP contribution in [-0.2, 0) is 0 Å². The molecule has 1 N–H and O–H groups in total. The number of aromatic amines is 1. The minimum absolute atomic E-state index is 0.0362. The summed E-state index contributed by atoms with van der Waals surface area (Å²) < 4.78 is 1.14. The zero-order valence-electron chi connectivity index (χ0n) is 6.24. The molecule has 12 heavy (non-hydrogen) atoms. The fourth-order valence-corrected chi connectivity index (χ4v) is 2.04. The van der Waals surface area contributed by atoms with Gasteiger partial charge in [0.15, 0.2) is 0 Å². The first kappa shape index (κ1) is 7.42. The van der Waals surface area contributed by atoms with Gasteiger partial charge in [0.2, 0.25) is 0 Å². The van der Waals surface area contributed by atoms with Gasteiger partial charge in [-0.15, -0.1) is 0 Å². The van der Waals surface area contributed by atoms with Crippen molar-refractivity contribution in [2.75, 3.05) is 0 Å². The van der Waals surface area contributed by atoms with Crippen molar-refractivity contribution in [1.82, 2.24) is 4.98 Å². The fraction of sp³-hybridized carbons (Fsp3) is 0. The molecule has 58 valence electrons. The fourth-order valence-electron chi connectivity index (χ4n) is 1.15. The quantitative estimate of drug-likeness (QED) is 0.716. The Hall–Kier alpha value is -1.23. The first-order valence-electron chi connectivity index (χ1n) is 3.53. The third-order valence-electron chi connectivity index (χ3n) is 1.69. The molecule has 1 aromatic carbocycles. The molecule has 0 atom stereocenters. The third-order valence-corrected chi connectivity index (χ3v) is 2.91. The first-order chi connectivity index (χ1) is 5.90. The summed E-state index contributed by atoms with van der Waals surface area (Å²) in [6, 6.07) is 8.10. The molecular formula is C9H6N2Se. The SMILES string of the molecule is N#C[Se]c1ccc2[nH]ccc2c1. The van der Waals surface area contributed by atoms with E-state index in [1.807, 2.05) is 24.4 Å². The first-order valence-corrected chi connectivity index (χ1v) is 5.24. The number of rotatable bonds is 1. The maximum absolute atomic E-state index is 8.51. The Balaban J connectivity index is 2.54. The molecular weight excluding hydrogens is 215 g/mol. The van der Waals surface area contributed by atoms with Gasteiger partial charge in [-0.1, -0.05) is 0 Å². The Labute approximate surface area is 76.4 Å². The summed E-state index contributed by atoms with van der Waals surface area (Å²) >= 11 is -0.0362. The second kappa shape index (κ2) is 3.02. The van der Waals surface area contributed by atoms with Crippen molar-refractivity contribution in [3.8, 4) is 4.97 Å². The van der Waals surface area contributed by atoms with Gasteiger partial charge in [-0.25, -0.2) is 0 Å². The standard InChI is InChI=1S/C9H6N2Se/c10-6-12-8-1-2-9-7(5-8)3-4-11-9/h1-5,11H. The van der Waals surface area contributed by atoms with Crippen LogP contribution in [0.3, 0.4) is 0 Å². The van der Waals surface area contributed by atoms with Crippen LogP contribution in [-0.4, -0.2) is 19.9 Å². The van der Waals surface area contributed by atoms with Gasteiger partial charge in [0.1, 0.15) is 0 Å². The molecule has 0 fully saturated rings. The molecule has 2 rings (SSSR count). The van der Waals surface area contributed by atoms with Crippen LogP contribution >= 0.6 is 0 Å². The molecule has 2 aromatic rings. The van der Waals surface area contributed by atoms with Crippen LogP contribution in [0, 0.1) is 10.2 Å². The van der Waals surface area contributed by atoms with Crippen LogP contribution in [0.15, 0.2) is 30.5 Å². The van der Waals surface area contributed by atoms with E-state index in [0.717, 1.165) is 9.98 Å². The van der Waals surface area contributed by atoms with Gasteiger partial charge in [-0.2, -0.15) is 0 Å². The van der Waals surface area contributed by atoms with Gasteiger partial charge in [0, 0.05) is 0 Å². The molecule has 0 aliphatic carbocycles. The van der Waals surface area contributed by atoms with Crippen LogP contribution in [0.2, 0.25) is 0 Å². The zero-order valence-corrected chi connectivity index (χ0v) is 7.96. The molecule has 1 heterocycles. The van der Waals surface area contributed by atoms with Gasteiger partial charge in [-0.3, -0.25) is 0 Å². The van der Waals surface area contributed by atoms with Crippen molar-refractivity contribution < 1.29 is 0 Å². The van der Waals surface area contributed by atoms with Gasteiger partial charge < -0.3 is 0 Å². The Morgan fingerprint density at radius 3 is 3.08 bits per heavy atom. The predicted molar refractivity (Wildman–Crippen MR) is 49.3 cm³/mol. The van der Waals surface area contributed by atoms with Crippen LogP contribution in [0.1, 0.15) is 0 Å². The van der Waals surface area contributed by atoms with Crippen LogP contribution in [0.4, 0.5) is 0 Å². The molecule has 0 saturated carbocycles. The Kier molecular flexibility index (Phi) is 1.87. The number of nitrogens with zero attached hydrogens (tertiary/aromatic N) is 1. The number of nitriles is 1. The zero-order chi connectivity index (χ0) is 8.39. The predicted octanol–water partition coefficient (Wildman–Crippen LogP) is 0.978. The van der Waals surface area contributed by atoms with Crippen molar-refractivity contribution in [1.29, 1.82) is 5.26 Å². The Morgan fingerprint density at radius 1 is 1.33 bits per heavy atom. The van der Waals surface area contributed by atoms with Crippen molar-refractivity contribution in [2.45, 2.75) is 0 Å². The summed E-state index contributed by atoms with van der Waals surface area (Å²) in [7, 11) is 0. The Morgan fingerprint density at radius 2 is 2.25 bits per heavy atom. The number of hydrogen-bond acceptors (Lipinski definition) is 1. The van der Waals surface area contributed by atoms with E-state index in [0.29, 0.717) is 0 Å². The Bertz CT molecular complexity index is 439. The van der Waals surface area contributed by atoms with Crippen molar-refractivity contribution in [3.05, 3.63) is 30.5 Å². The number of benzene rings is 1. The normalized spacial score (nSPS) is 9.92. The number of hydrogen-bond donors (Lipinski definition) is 1. The van der Waals surface area contributed by atoms with Crippen LogP contribution < -0.4 is 4.46 Å². The average Bonchev–Trinajstić information content (AvgIpc) is 2.51. The molecule has 0 saturated heterocycles. The van der Waals surface area contributed by atoms with Gasteiger partial charge >= 0.3 is 76.0 Å². The van der Waals surface area contributed by atoms with E-state index in [9.17, 15) is 0 Å². The molecule has 2 nitrogen and oxygen atoms in total. The van der Waals surface area contributed by atoms with Gasteiger partial charge in [0.25, 0.3) is 0 Å². The van der Waals surface area contributed by atoms with Crippen molar-refractivity contribution in [3.63, 3.8) is 0 Å². The van der Waals surface area contributed by atoms with E-state index in [2.05, 4.69) is 16.0 Å². The monoisotopic (exact) mass is 222 g/mol. The molecule has 0 unspecified atom stereocenters. The van der Waals surface area contributed by atoms with Crippen molar-refractivity contribution >= 4 is 30.3 Å². The van der Waals surface area contributed by atoms with E-state index >= 15 is 0 Å². The van der Waals surface area contributed by atoms with Gasteiger partial charge in [-0.05, 0) is 0 Å². The topological polar surface area (TPSA) is 39.6 Å². The van der Waals surface area contributed by atoms with E-state index in [1.165, 1.54) is 5.39 Å². The molecule has 0 aliphatic rings. The second-order valence-corrected chi connectivity index (χ2v) is 4.22. The van der Waals surface area contributed by atoms with Crippen LogP contribution in [0.5, 0.6) is 0 Å². The van der Waals surface area contributed by atoms with Crippen LogP contribution in [0.25, 0.3) is 10.9 Å². The average molecular weight is 221 g/mol. The summed E-state index contributed by atoms with van der Waals surface area (Å²) in [4.78, 5) is 5.31. The molecule has 0 radical (unpaired) electrons. The molecule has 3 heteroatoms. The number of H-pyrrole nitrogens is 1. The number of fused-ring (bicyclic) bond motifs is 1. The summed E-state index contributed by atoms with van der Waals surface area (Å²) in [5.74, 6) is 0. The summed E-state index contributed by atoms with van der Waals surface area (Å²) in [6.45, 7) is 0. The second-order valence-electron chi connectivity index (χ2n) is 2.42. The third kappa shape index (κ3) is 1.23. The maximum atomic E-state index is 8.51. The van der Waals surface area contributed by atoms with Crippen molar-refractivity contribution in [2.24, 2.45) is 0 Å². The summed E-state index contributed by atoms with van der Waals surface area (Å²) in [5.41, 5.74) is 1.13. The van der Waals surface area contributed by atoms with E-state index < -0.39 is 0 Å². The van der Waals surface area contributed by atoms with E-state index in [-0.39, 0.29) is 15.0 Å². The summed E-state index contributed by atoms with van der Waals surface area (Å²) in [6.07, 6.45) is 1.91. The molecule has 0 spiro atoms. The van der Waals surface area contributed by atoms with E-state index in [1.54, 1.807) is 0 Å². The molecule has 0 aliphatic heterocycles. The molecule has 0 bridgehead atoms. The number of nitrogens with one attached hydrogen (secondary N) is 1. The summed E-state index contributed by atoms with van der Waals surface area (Å²) in [5, 5.41) is 9.70. The van der Waals surface area contributed by atoms with E-state index in [4.69, 9.17) is 5.26 Å². The molecule has 1 aromatic heterocycles. The minimum atomic E-state index is -0.0362. The van der Waals surface area contributed by atoms with Gasteiger partial charge in [0.05, 0.1) is 0 Å². The number of aromatic nitrogens is 1. The molecule has 0 amide bonds.